The number of aliphatic hydroxyl groups is 1. The van der Waals surface area contributed by atoms with Crippen LogP contribution in [0.2, 0.25) is 0 Å². The van der Waals surface area contributed by atoms with Gasteiger partial charge in [0.15, 0.2) is 0 Å². The number of anilines is 2. The Morgan fingerprint density at radius 2 is 1.63 bits per heavy atom. The third-order valence-corrected chi connectivity index (χ3v) is 13.1. The van der Waals surface area contributed by atoms with Crippen molar-refractivity contribution in [2.75, 3.05) is 49.5 Å². The maximum atomic E-state index is 15.1. The SMILES string of the molecule is CC(C)(O)c1cc2nn(C3CCC(N4CCN(C(=O)C5CN(c6cc(F)c([C@H]7CCC(=O)NC7=O)c(F)c6)C5)CC4)CC3)cc2cc1NC(=O)c1ccc2cc(Br)cnn12. The Labute approximate surface area is 353 Å². The molecule has 5 aromatic rings. The molecule has 3 N–H and O–H groups in total. The molecule has 4 fully saturated rings. The minimum absolute atomic E-state index is 0.0252. The van der Waals surface area contributed by atoms with Crippen molar-refractivity contribution >= 4 is 67.4 Å². The topological polar surface area (TPSA) is 157 Å². The Kier molecular flexibility index (Phi) is 10.5. The molecule has 17 heteroatoms. The molecule has 314 valence electrons. The van der Waals surface area contributed by atoms with Crippen LogP contribution in [0.5, 0.6) is 0 Å². The summed E-state index contributed by atoms with van der Waals surface area (Å²) in [6.07, 6.45) is 7.60. The summed E-state index contributed by atoms with van der Waals surface area (Å²) in [5.41, 5.74) is 1.71. The summed E-state index contributed by atoms with van der Waals surface area (Å²) in [6.45, 7) is 6.91. The Morgan fingerprint density at radius 1 is 0.933 bits per heavy atom. The quantitative estimate of drug-likeness (QED) is 0.172. The van der Waals surface area contributed by atoms with Crippen molar-refractivity contribution in [2.45, 2.75) is 76.0 Å². The molecule has 3 aromatic heterocycles. The van der Waals surface area contributed by atoms with Crippen LogP contribution in [0, 0.1) is 17.6 Å². The minimum atomic E-state index is -1.24. The Bertz CT molecular complexity index is 2510. The first-order chi connectivity index (χ1) is 28.7. The van der Waals surface area contributed by atoms with Crippen molar-refractivity contribution in [2.24, 2.45) is 5.92 Å². The van der Waals surface area contributed by atoms with Gasteiger partial charge >= 0.3 is 0 Å². The molecule has 1 aliphatic carbocycles. The number of imide groups is 1. The molecule has 0 unspecified atom stereocenters. The van der Waals surface area contributed by atoms with E-state index in [-0.39, 0.29) is 42.2 Å². The molecule has 0 radical (unpaired) electrons. The molecule has 60 heavy (non-hydrogen) atoms. The average Bonchev–Trinajstić information content (AvgIpc) is 3.81. The maximum Gasteiger partial charge on any atom is 0.274 e. The smallest absolute Gasteiger partial charge is 0.274 e. The number of amides is 4. The first-order valence-electron chi connectivity index (χ1n) is 20.5. The van der Waals surface area contributed by atoms with Crippen LogP contribution in [0.15, 0.2) is 59.3 Å². The number of benzene rings is 2. The molecule has 6 heterocycles. The van der Waals surface area contributed by atoms with Crippen molar-refractivity contribution in [3.8, 4) is 0 Å². The van der Waals surface area contributed by atoms with Gasteiger partial charge in [0.25, 0.3) is 5.91 Å². The van der Waals surface area contributed by atoms with E-state index in [4.69, 9.17) is 5.10 Å². The molecule has 0 spiro atoms. The number of nitrogens with zero attached hydrogens (tertiary/aromatic N) is 7. The third-order valence-electron chi connectivity index (χ3n) is 12.7. The summed E-state index contributed by atoms with van der Waals surface area (Å²) >= 11 is 3.42. The second kappa shape index (κ2) is 15.6. The van der Waals surface area contributed by atoms with Gasteiger partial charge in [-0.05, 0) is 104 Å². The minimum Gasteiger partial charge on any atom is -0.386 e. The van der Waals surface area contributed by atoms with Crippen LogP contribution >= 0.6 is 15.9 Å². The van der Waals surface area contributed by atoms with Gasteiger partial charge in [0.1, 0.15) is 17.3 Å². The molecule has 9 rings (SSSR count). The van der Waals surface area contributed by atoms with Crippen molar-refractivity contribution < 1.29 is 33.1 Å². The number of carbonyl (C=O) groups excluding carboxylic acids is 4. The number of fused-ring (bicyclic) bond motifs is 2. The number of rotatable bonds is 8. The van der Waals surface area contributed by atoms with Crippen molar-refractivity contribution in [3.05, 3.63) is 87.8 Å². The molecule has 0 bridgehead atoms. The van der Waals surface area contributed by atoms with E-state index in [1.54, 1.807) is 35.5 Å². The molecule has 2 aromatic carbocycles. The number of carbonyl (C=O) groups is 4. The number of halogens is 3. The summed E-state index contributed by atoms with van der Waals surface area (Å²) in [5.74, 6) is -4.40. The van der Waals surface area contributed by atoms with Gasteiger partial charge in [0.05, 0.1) is 40.7 Å². The summed E-state index contributed by atoms with van der Waals surface area (Å²) < 4.78 is 34.6. The lowest BCUT2D eigenvalue weighted by Crippen LogP contribution is -2.59. The van der Waals surface area contributed by atoms with Crippen molar-refractivity contribution in [1.29, 1.82) is 0 Å². The molecule has 1 atom stereocenters. The molecule has 1 saturated carbocycles. The predicted molar refractivity (Wildman–Crippen MR) is 222 cm³/mol. The molecular weight excluding hydrogens is 840 g/mol. The lowest BCUT2D eigenvalue weighted by atomic mass is 9.89. The van der Waals surface area contributed by atoms with E-state index in [2.05, 4.69) is 36.6 Å². The summed E-state index contributed by atoms with van der Waals surface area (Å²) in [7, 11) is 0. The van der Waals surface area contributed by atoms with Gasteiger partial charge in [-0.15, -0.1) is 0 Å². The first kappa shape index (κ1) is 40.2. The van der Waals surface area contributed by atoms with Crippen LogP contribution in [-0.2, 0) is 20.0 Å². The maximum absolute atomic E-state index is 15.1. The average molecular weight is 887 g/mol. The Morgan fingerprint density at radius 3 is 2.32 bits per heavy atom. The highest BCUT2D eigenvalue weighted by Gasteiger charge is 2.39. The lowest BCUT2D eigenvalue weighted by Gasteiger charge is -2.45. The number of hydrogen-bond donors (Lipinski definition) is 3. The van der Waals surface area contributed by atoms with Gasteiger partial charge in [0.2, 0.25) is 17.7 Å². The van der Waals surface area contributed by atoms with Gasteiger partial charge in [-0.25, -0.2) is 13.3 Å². The van der Waals surface area contributed by atoms with Crippen LogP contribution in [0.1, 0.15) is 85.9 Å². The van der Waals surface area contributed by atoms with Crippen molar-refractivity contribution in [1.82, 2.24) is 34.5 Å². The molecular formula is C43H46BrF2N9O5. The number of piperazine rings is 1. The fourth-order valence-electron chi connectivity index (χ4n) is 9.37. The lowest BCUT2D eigenvalue weighted by molar-refractivity contribution is -0.138. The monoisotopic (exact) mass is 885 g/mol. The van der Waals surface area contributed by atoms with Crippen molar-refractivity contribution in [3.63, 3.8) is 0 Å². The Balaban J connectivity index is 0.776. The zero-order chi connectivity index (χ0) is 42.0. The van der Waals surface area contributed by atoms with E-state index in [1.165, 1.54) is 12.1 Å². The van der Waals surface area contributed by atoms with E-state index in [9.17, 15) is 24.3 Å². The van der Waals surface area contributed by atoms with Gasteiger partial charge in [-0.2, -0.15) is 10.2 Å². The fraction of sp³-hybridized carbons (Fsp3) is 0.442. The van der Waals surface area contributed by atoms with Gasteiger partial charge in [0, 0.05) is 90.3 Å². The molecule has 4 amide bonds. The highest BCUT2D eigenvalue weighted by molar-refractivity contribution is 9.10. The summed E-state index contributed by atoms with van der Waals surface area (Å²) in [5, 5.41) is 26.5. The van der Waals surface area contributed by atoms with Gasteiger partial charge in [-0.3, -0.25) is 34.1 Å². The second-order valence-electron chi connectivity index (χ2n) is 17.1. The highest BCUT2D eigenvalue weighted by atomic mass is 79.9. The number of nitrogens with one attached hydrogen (secondary N) is 2. The predicted octanol–water partition coefficient (Wildman–Crippen LogP) is 5.49. The number of aromatic nitrogens is 4. The molecule has 14 nitrogen and oxygen atoms in total. The van der Waals surface area contributed by atoms with E-state index < -0.39 is 35.0 Å². The number of piperidine rings is 1. The summed E-state index contributed by atoms with van der Waals surface area (Å²) in [6, 6.07) is 12.2. The van der Waals surface area contributed by atoms with Crippen LogP contribution in [0.3, 0.4) is 0 Å². The zero-order valence-corrected chi connectivity index (χ0v) is 34.9. The zero-order valence-electron chi connectivity index (χ0n) is 33.3. The van der Waals surface area contributed by atoms with E-state index in [0.29, 0.717) is 54.9 Å². The van der Waals surface area contributed by atoms with E-state index >= 15 is 8.78 Å². The van der Waals surface area contributed by atoms with Crippen LogP contribution in [0.25, 0.3) is 16.4 Å². The van der Waals surface area contributed by atoms with Crippen LogP contribution in [-0.4, -0.2) is 103 Å². The Hall–Kier alpha value is -5.26. The van der Waals surface area contributed by atoms with Gasteiger partial charge < -0.3 is 20.2 Å². The van der Waals surface area contributed by atoms with Gasteiger partial charge in [-0.1, -0.05) is 0 Å². The third kappa shape index (κ3) is 7.66. The normalized spacial score (nSPS) is 22.0. The highest BCUT2D eigenvalue weighted by Crippen LogP contribution is 2.37. The van der Waals surface area contributed by atoms with Crippen LogP contribution in [0.4, 0.5) is 20.2 Å². The molecule has 4 aliphatic rings. The summed E-state index contributed by atoms with van der Waals surface area (Å²) in [4.78, 5) is 56.8. The fourth-order valence-corrected chi connectivity index (χ4v) is 9.70. The van der Waals surface area contributed by atoms with E-state index in [0.717, 1.165) is 59.7 Å². The number of hydrogen-bond acceptors (Lipinski definition) is 9. The van der Waals surface area contributed by atoms with E-state index in [1.807, 2.05) is 40.0 Å². The molecule has 3 aliphatic heterocycles. The largest absolute Gasteiger partial charge is 0.386 e. The van der Waals surface area contributed by atoms with Crippen LogP contribution < -0.4 is 15.5 Å². The standard InChI is InChI=1S/C43H46BrF2N9O5/c1-43(2,60)32-19-35-24(15-36(32)48-41(58)37-9-7-29-16-26(44)20-47-55(29)37)23-54(50-35)28-5-3-27(4-6-28)51-11-13-52(14-12-51)42(59)25-21-53(22-25)30-17-33(45)39(34(46)18-30)31-8-10-38(56)49-40(31)57/h7,9,15-20,23,25,27-28,31,60H,3-6,8,10-14,21-22H2,1-2H3,(H,48,58)(H,49,56,57)/t27?,28?,31-/m1/s1. The molecule has 3 saturated heterocycles. The second-order valence-corrected chi connectivity index (χ2v) is 18.0. The first-order valence-corrected chi connectivity index (χ1v) is 21.3.